The molecular weight excluding hydrogens is 444 g/mol. The highest BCUT2D eigenvalue weighted by Crippen LogP contribution is 2.43. The number of carboxylic acids is 1. The van der Waals surface area contributed by atoms with Gasteiger partial charge in [-0.3, -0.25) is 24.5 Å². The number of carbonyl (C=O) groups is 3. The Balaban J connectivity index is 1.71. The van der Waals surface area contributed by atoms with Crippen LogP contribution in [0.5, 0.6) is 0 Å². The zero-order valence-electron chi connectivity index (χ0n) is 16.7. The molecule has 0 spiro atoms. The van der Waals surface area contributed by atoms with Gasteiger partial charge in [0.15, 0.2) is 5.13 Å². The van der Waals surface area contributed by atoms with Gasteiger partial charge in [-0.15, -0.1) is 0 Å². The number of carboxylic acid groups (broad SMARTS) is 1. The van der Waals surface area contributed by atoms with E-state index in [0.29, 0.717) is 21.5 Å². The van der Waals surface area contributed by atoms with E-state index in [1.807, 2.05) is 0 Å². The summed E-state index contributed by atoms with van der Waals surface area (Å²) in [7, 11) is 0. The van der Waals surface area contributed by atoms with Crippen LogP contribution < -0.4 is 4.90 Å². The molecule has 162 valence electrons. The van der Waals surface area contributed by atoms with Gasteiger partial charge in [0.25, 0.3) is 5.78 Å². The van der Waals surface area contributed by atoms with E-state index in [9.17, 15) is 24.6 Å². The maximum absolute atomic E-state index is 13.2. The molecule has 2 N–H and O–H groups in total. The van der Waals surface area contributed by atoms with Crippen LogP contribution in [0.25, 0.3) is 16.0 Å². The molecule has 0 aliphatic carbocycles. The van der Waals surface area contributed by atoms with Gasteiger partial charge in [-0.25, -0.2) is 9.78 Å². The zero-order valence-corrected chi connectivity index (χ0v) is 17.6. The molecule has 0 radical (unpaired) electrons. The number of benzene rings is 1. The number of thiazole rings is 1. The van der Waals surface area contributed by atoms with E-state index in [2.05, 4.69) is 15.0 Å². The summed E-state index contributed by atoms with van der Waals surface area (Å²) in [5, 5.41) is 20.4. The number of anilines is 1. The number of aromatic nitrogens is 3. The number of aromatic carboxylic acids is 1. The molecule has 1 aliphatic rings. The number of rotatable bonds is 4. The third-order valence-electron chi connectivity index (χ3n) is 5.20. The fourth-order valence-corrected chi connectivity index (χ4v) is 4.69. The fourth-order valence-electron chi connectivity index (χ4n) is 3.66. The summed E-state index contributed by atoms with van der Waals surface area (Å²) in [6.07, 6.45) is 4.46. The molecule has 3 aromatic heterocycles. The second-order valence-corrected chi connectivity index (χ2v) is 8.15. The minimum atomic E-state index is -1.09. The van der Waals surface area contributed by atoms with Crippen molar-refractivity contribution in [3.8, 4) is 0 Å². The SMILES string of the molecule is O=C1C(=O)N(c2nc3ccc(C(=O)O)cc3s2)C(c2ccccn2)/C1=C(\O)c1ccncc1. The van der Waals surface area contributed by atoms with Crippen molar-refractivity contribution in [2.75, 3.05) is 4.90 Å². The van der Waals surface area contributed by atoms with Crippen LogP contribution in [0.4, 0.5) is 5.13 Å². The summed E-state index contributed by atoms with van der Waals surface area (Å²) in [5.41, 5.74) is 1.15. The summed E-state index contributed by atoms with van der Waals surface area (Å²) in [6.45, 7) is 0. The average molecular weight is 458 g/mol. The zero-order chi connectivity index (χ0) is 23.1. The highest BCUT2D eigenvalue weighted by Gasteiger charge is 2.48. The number of Topliss-reactive ketones (excluding diaryl/α,β-unsaturated/α-hetero) is 1. The normalized spacial score (nSPS) is 17.6. The Labute approximate surface area is 190 Å². The maximum atomic E-state index is 13.2. The number of ketones is 1. The first-order chi connectivity index (χ1) is 16.0. The molecule has 1 aromatic carbocycles. The van der Waals surface area contributed by atoms with Crippen LogP contribution in [0.3, 0.4) is 0 Å². The van der Waals surface area contributed by atoms with Crippen molar-refractivity contribution in [3.05, 3.63) is 89.5 Å². The van der Waals surface area contributed by atoms with Crippen LogP contribution in [0.2, 0.25) is 0 Å². The molecule has 10 heteroatoms. The lowest BCUT2D eigenvalue weighted by atomic mass is 9.99. The first-order valence-electron chi connectivity index (χ1n) is 9.72. The van der Waals surface area contributed by atoms with E-state index >= 15 is 0 Å². The van der Waals surface area contributed by atoms with Gasteiger partial charge >= 0.3 is 11.9 Å². The number of aliphatic hydroxyl groups is 1. The van der Waals surface area contributed by atoms with Crippen LogP contribution in [-0.4, -0.2) is 42.8 Å². The Bertz CT molecular complexity index is 1450. The Morgan fingerprint density at radius 1 is 0.970 bits per heavy atom. The summed E-state index contributed by atoms with van der Waals surface area (Å²) in [4.78, 5) is 51.5. The first kappa shape index (κ1) is 20.5. The Hall–Kier alpha value is -4.44. The quantitative estimate of drug-likeness (QED) is 0.270. The monoisotopic (exact) mass is 458 g/mol. The third kappa shape index (κ3) is 3.42. The Morgan fingerprint density at radius 2 is 1.76 bits per heavy atom. The predicted octanol–water partition coefficient (Wildman–Crippen LogP) is 3.41. The molecule has 1 amide bonds. The van der Waals surface area contributed by atoms with Crippen molar-refractivity contribution >= 4 is 50.1 Å². The molecule has 1 fully saturated rings. The number of carbonyl (C=O) groups excluding carboxylic acids is 2. The summed E-state index contributed by atoms with van der Waals surface area (Å²) in [5.74, 6) is -3.16. The molecule has 5 rings (SSSR count). The van der Waals surface area contributed by atoms with Crippen LogP contribution in [0.15, 0.2) is 72.7 Å². The first-order valence-corrected chi connectivity index (χ1v) is 10.5. The molecule has 4 aromatic rings. The average Bonchev–Trinajstić information content (AvgIpc) is 3.37. The Kier molecular flexibility index (Phi) is 4.91. The summed E-state index contributed by atoms with van der Waals surface area (Å²) in [6, 6.07) is 11.5. The molecule has 1 aliphatic heterocycles. The lowest BCUT2D eigenvalue weighted by Crippen LogP contribution is -2.29. The molecular formula is C23H14N4O5S. The summed E-state index contributed by atoms with van der Waals surface area (Å²) >= 11 is 1.08. The lowest BCUT2D eigenvalue weighted by molar-refractivity contribution is -0.132. The van der Waals surface area contributed by atoms with Crippen LogP contribution >= 0.6 is 11.3 Å². The van der Waals surface area contributed by atoms with Gasteiger partial charge in [0.2, 0.25) is 0 Å². The highest BCUT2D eigenvalue weighted by atomic mass is 32.1. The Morgan fingerprint density at radius 3 is 2.45 bits per heavy atom. The van der Waals surface area contributed by atoms with Crippen LogP contribution in [0.1, 0.15) is 27.7 Å². The van der Waals surface area contributed by atoms with E-state index in [4.69, 9.17) is 0 Å². The third-order valence-corrected chi connectivity index (χ3v) is 6.21. The summed E-state index contributed by atoms with van der Waals surface area (Å²) < 4.78 is 0.542. The maximum Gasteiger partial charge on any atom is 0.335 e. The van der Waals surface area contributed by atoms with Gasteiger partial charge in [-0.1, -0.05) is 17.4 Å². The van der Waals surface area contributed by atoms with Crippen LogP contribution in [-0.2, 0) is 9.59 Å². The van der Waals surface area contributed by atoms with Crippen molar-refractivity contribution in [1.29, 1.82) is 0 Å². The predicted molar refractivity (Wildman–Crippen MR) is 120 cm³/mol. The minimum Gasteiger partial charge on any atom is -0.507 e. The van der Waals surface area contributed by atoms with E-state index in [0.717, 1.165) is 11.3 Å². The molecule has 1 saturated heterocycles. The molecule has 0 saturated carbocycles. The van der Waals surface area contributed by atoms with Gasteiger partial charge in [0, 0.05) is 24.2 Å². The number of hydrogen-bond donors (Lipinski definition) is 2. The standard InChI is InChI=1S/C23H14N4O5S/c28-19(12-6-9-24-10-7-12)17-18(15-3-1-2-8-25-15)27(21(30)20(17)29)23-26-14-5-4-13(22(31)32)11-16(14)33-23/h1-11,18,28H,(H,31,32)/b19-17+. The van der Waals surface area contributed by atoms with E-state index in [1.165, 1.54) is 47.8 Å². The van der Waals surface area contributed by atoms with Crippen molar-refractivity contribution in [3.63, 3.8) is 0 Å². The van der Waals surface area contributed by atoms with Crippen LogP contribution in [0, 0.1) is 0 Å². The largest absolute Gasteiger partial charge is 0.507 e. The second-order valence-electron chi connectivity index (χ2n) is 7.14. The van der Waals surface area contributed by atoms with E-state index in [-0.39, 0.29) is 22.0 Å². The van der Waals surface area contributed by atoms with E-state index < -0.39 is 23.7 Å². The van der Waals surface area contributed by atoms with Crippen molar-refractivity contribution in [2.45, 2.75) is 6.04 Å². The number of hydrogen-bond acceptors (Lipinski definition) is 8. The topological polar surface area (TPSA) is 134 Å². The number of amides is 1. The van der Waals surface area contributed by atoms with E-state index in [1.54, 1.807) is 24.3 Å². The number of fused-ring (bicyclic) bond motifs is 1. The van der Waals surface area contributed by atoms with Gasteiger partial charge in [-0.05, 0) is 42.5 Å². The van der Waals surface area contributed by atoms with Gasteiger partial charge in [0.1, 0.15) is 11.8 Å². The molecule has 1 atom stereocenters. The fraction of sp³-hybridized carbons (Fsp3) is 0.0435. The molecule has 33 heavy (non-hydrogen) atoms. The smallest absolute Gasteiger partial charge is 0.335 e. The minimum absolute atomic E-state index is 0.0821. The number of aliphatic hydroxyl groups excluding tert-OH is 1. The second kappa shape index (κ2) is 7.92. The van der Waals surface area contributed by atoms with Crippen molar-refractivity contribution in [2.24, 2.45) is 0 Å². The van der Waals surface area contributed by atoms with Crippen molar-refractivity contribution in [1.82, 2.24) is 15.0 Å². The highest BCUT2D eigenvalue weighted by molar-refractivity contribution is 7.22. The lowest BCUT2D eigenvalue weighted by Gasteiger charge is -2.21. The number of pyridine rings is 2. The molecule has 9 nitrogen and oxygen atoms in total. The molecule has 4 heterocycles. The number of nitrogens with zero attached hydrogens (tertiary/aromatic N) is 4. The molecule has 1 unspecified atom stereocenters. The van der Waals surface area contributed by atoms with Gasteiger partial charge < -0.3 is 10.2 Å². The van der Waals surface area contributed by atoms with Crippen molar-refractivity contribution < 1.29 is 24.6 Å². The molecule has 0 bridgehead atoms. The van der Waals surface area contributed by atoms with Gasteiger partial charge in [-0.2, -0.15) is 0 Å². The van der Waals surface area contributed by atoms with Gasteiger partial charge in [0.05, 0.1) is 27.0 Å².